The zero-order valence-electron chi connectivity index (χ0n) is 12.3. The fourth-order valence-corrected chi connectivity index (χ4v) is 3.44. The summed E-state index contributed by atoms with van der Waals surface area (Å²) in [6, 6.07) is 4.63. The van der Waals surface area contributed by atoms with Crippen LogP contribution in [0.25, 0.3) is 0 Å². The number of amides is 1. The highest BCUT2D eigenvalue weighted by molar-refractivity contribution is 7.11. The van der Waals surface area contributed by atoms with Crippen LogP contribution in [0.15, 0.2) is 12.1 Å². The van der Waals surface area contributed by atoms with Crippen LogP contribution < -0.4 is 10.6 Å². The lowest BCUT2D eigenvalue weighted by Gasteiger charge is -2.30. The molecule has 0 bridgehead atoms. The molecule has 2 unspecified atom stereocenters. The van der Waals surface area contributed by atoms with Crippen molar-refractivity contribution in [3.05, 3.63) is 21.9 Å². The molecule has 2 atom stereocenters. The summed E-state index contributed by atoms with van der Waals surface area (Å²) in [5.74, 6) is 0.791. The lowest BCUT2D eigenvalue weighted by molar-refractivity contribution is -0.122. The van der Waals surface area contributed by atoms with Gasteiger partial charge in [-0.1, -0.05) is 6.92 Å². The fourth-order valence-electron chi connectivity index (χ4n) is 2.50. The average Bonchev–Trinajstić information content (AvgIpc) is 2.78. The van der Waals surface area contributed by atoms with Gasteiger partial charge in [-0.2, -0.15) is 0 Å². The van der Waals surface area contributed by atoms with Crippen LogP contribution in [0.1, 0.15) is 35.9 Å². The minimum atomic E-state index is 0. The van der Waals surface area contributed by atoms with Crippen molar-refractivity contribution in [1.29, 1.82) is 0 Å². The number of halogens is 1. The van der Waals surface area contributed by atoms with Gasteiger partial charge in [0.2, 0.25) is 5.91 Å². The van der Waals surface area contributed by atoms with Crippen LogP contribution in [0.2, 0.25) is 0 Å². The summed E-state index contributed by atoms with van der Waals surface area (Å²) >= 11 is 1.83. The predicted octanol–water partition coefficient (Wildman–Crippen LogP) is 2.92. The van der Waals surface area contributed by atoms with Crippen LogP contribution in [0.4, 0.5) is 0 Å². The fraction of sp³-hybridized carbons (Fsp3) is 0.667. The van der Waals surface area contributed by atoms with Crippen molar-refractivity contribution in [2.45, 2.75) is 45.6 Å². The average molecular weight is 317 g/mol. The van der Waals surface area contributed by atoms with E-state index >= 15 is 0 Å². The molecule has 3 nitrogen and oxygen atoms in total. The first-order valence-corrected chi connectivity index (χ1v) is 8.02. The van der Waals surface area contributed by atoms with E-state index in [4.69, 9.17) is 0 Å². The van der Waals surface area contributed by atoms with Gasteiger partial charge in [0.15, 0.2) is 0 Å². The highest BCUT2D eigenvalue weighted by Gasteiger charge is 2.22. The van der Waals surface area contributed by atoms with Crippen molar-refractivity contribution in [1.82, 2.24) is 10.6 Å². The SMILES string of the molecule is Cc1ccc(CCCC(=O)NC2CNCCC2C)s1.Cl. The molecule has 2 N–H and O–H groups in total. The molecule has 114 valence electrons. The largest absolute Gasteiger partial charge is 0.352 e. The number of rotatable bonds is 5. The second-order valence-corrected chi connectivity index (χ2v) is 6.88. The molecule has 2 heterocycles. The molecule has 0 radical (unpaired) electrons. The van der Waals surface area contributed by atoms with E-state index in [1.807, 2.05) is 11.3 Å². The molecule has 1 amide bonds. The number of piperidine rings is 1. The van der Waals surface area contributed by atoms with Crippen molar-refractivity contribution < 1.29 is 4.79 Å². The Balaban J connectivity index is 0.00000200. The van der Waals surface area contributed by atoms with Crippen LogP contribution in [0.3, 0.4) is 0 Å². The van der Waals surface area contributed by atoms with Gasteiger partial charge in [0, 0.05) is 28.8 Å². The minimum Gasteiger partial charge on any atom is -0.352 e. The molecule has 0 spiro atoms. The molecule has 1 aromatic rings. The number of thiophene rings is 1. The number of carbonyl (C=O) groups excluding carboxylic acids is 1. The lowest BCUT2D eigenvalue weighted by Crippen LogP contribution is -2.50. The third-order valence-corrected chi connectivity index (χ3v) is 4.86. The second-order valence-electron chi connectivity index (χ2n) is 5.51. The smallest absolute Gasteiger partial charge is 0.220 e. The lowest BCUT2D eigenvalue weighted by atomic mass is 9.94. The number of hydrogen-bond acceptors (Lipinski definition) is 3. The van der Waals surface area contributed by atoms with E-state index < -0.39 is 0 Å². The second kappa shape index (κ2) is 8.65. The van der Waals surface area contributed by atoms with Gasteiger partial charge < -0.3 is 10.6 Å². The maximum Gasteiger partial charge on any atom is 0.220 e. The van der Waals surface area contributed by atoms with Crippen molar-refractivity contribution in [2.75, 3.05) is 13.1 Å². The maximum atomic E-state index is 11.9. The van der Waals surface area contributed by atoms with Gasteiger partial charge in [-0.25, -0.2) is 0 Å². The first kappa shape index (κ1) is 17.5. The van der Waals surface area contributed by atoms with Gasteiger partial charge in [0.05, 0.1) is 0 Å². The zero-order chi connectivity index (χ0) is 13.7. The molecule has 1 fully saturated rings. The molecule has 1 aromatic heterocycles. The Morgan fingerprint density at radius 3 is 2.95 bits per heavy atom. The van der Waals surface area contributed by atoms with Crippen LogP contribution in [0.5, 0.6) is 0 Å². The van der Waals surface area contributed by atoms with Gasteiger partial charge in [-0.15, -0.1) is 23.7 Å². The highest BCUT2D eigenvalue weighted by Crippen LogP contribution is 2.17. The number of carbonyl (C=O) groups is 1. The van der Waals surface area contributed by atoms with Gasteiger partial charge in [0.1, 0.15) is 0 Å². The van der Waals surface area contributed by atoms with Crippen molar-refractivity contribution in [3.63, 3.8) is 0 Å². The first-order valence-electron chi connectivity index (χ1n) is 7.20. The zero-order valence-corrected chi connectivity index (χ0v) is 13.9. The Bertz CT molecular complexity index is 422. The Hall–Kier alpha value is -0.580. The molecular formula is C15H25ClN2OS. The van der Waals surface area contributed by atoms with Gasteiger partial charge in [-0.05, 0) is 50.8 Å². The third-order valence-electron chi connectivity index (χ3n) is 3.80. The van der Waals surface area contributed by atoms with E-state index in [1.165, 1.54) is 9.75 Å². The van der Waals surface area contributed by atoms with Crippen molar-refractivity contribution in [2.24, 2.45) is 5.92 Å². The van der Waals surface area contributed by atoms with Gasteiger partial charge in [-0.3, -0.25) is 4.79 Å². The molecule has 20 heavy (non-hydrogen) atoms. The molecule has 1 aliphatic rings. The summed E-state index contributed by atoms with van der Waals surface area (Å²) < 4.78 is 0. The number of nitrogens with one attached hydrogen (secondary N) is 2. The molecule has 5 heteroatoms. The Kier molecular flexibility index (Phi) is 7.56. The number of hydrogen-bond donors (Lipinski definition) is 2. The van der Waals surface area contributed by atoms with E-state index in [0.29, 0.717) is 18.4 Å². The third kappa shape index (κ3) is 5.43. The molecule has 0 aliphatic carbocycles. The van der Waals surface area contributed by atoms with E-state index in [9.17, 15) is 4.79 Å². The highest BCUT2D eigenvalue weighted by atomic mass is 35.5. The van der Waals surface area contributed by atoms with E-state index in [-0.39, 0.29) is 18.3 Å². The van der Waals surface area contributed by atoms with Crippen LogP contribution in [0, 0.1) is 12.8 Å². The standard InChI is InChI=1S/C15H24N2OS.ClH/c1-11-8-9-16-10-14(11)17-15(18)5-3-4-13-7-6-12(2)19-13;/h6-7,11,14,16H,3-5,8-10H2,1-2H3,(H,17,18);1H. The summed E-state index contributed by atoms with van der Waals surface area (Å²) in [4.78, 5) is 14.7. The van der Waals surface area contributed by atoms with E-state index in [2.05, 4.69) is 36.6 Å². The van der Waals surface area contributed by atoms with Crippen LogP contribution in [-0.4, -0.2) is 25.0 Å². The van der Waals surface area contributed by atoms with Crippen molar-refractivity contribution >= 4 is 29.7 Å². The minimum absolute atomic E-state index is 0. The van der Waals surface area contributed by atoms with E-state index in [1.54, 1.807) is 0 Å². The summed E-state index contributed by atoms with van der Waals surface area (Å²) in [6.45, 7) is 6.33. The quantitative estimate of drug-likeness (QED) is 0.877. The monoisotopic (exact) mass is 316 g/mol. The molecule has 1 aliphatic heterocycles. The maximum absolute atomic E-state index is 11.9. The van der Waals surface area contributed by atoms with Gasteiger partial charge in [0.25, 0.3) is 0 Å². The number of aryl methyl sites for hydroxylation is 2. The summed E-state index contributed by atoms with van der Waals surface area (Å²) in [6.07, 6.45) is 3.75. The molecule has 2 rings (SSSR count). The molecule has 0 aromatic carbocycles. The Labute approximate surface area is 131 Å². The van der Waals surface area contributed by atoms with Gasteiger partial charge >= 0.3 is 0 Å². The Morgan fingerprint density at radius 2 is 2.30 bits per heavy atom. The summed E-state index contributed by atoms with van der Waals surface area (Å²) in [5, 5.41) is 6.50. The predicted molar refractivity (Wildman–Crippen MR) is 87.8 cm³/mol. The molecule has 0 saturated carbocycles. The first-order chi connectivity index (χ1) is 9.15. The molecular weight excluding hydrogens is 292 g/mol. The molecule has 1 saturated heterocycles. The topological polar surface area (TPSA) is 41.1 Å². The van der Waals surface area contributed by atoms with Crippen LogP contribution in [-0.2, 0) is 11.2 Å². The van der Waals surface area contributed by atoms with E-state index in [0.717, 1.165) is 32.4 Å². The Morgan fingerprint density at radius 1 is 1.50 bits per heavy atom. The summed E-state index contributed by atoms with van der Waals surface area (Å²) in [5.41, 5.74) is 0. The normalized spacial score (nSPS) is 22.1. The summed E-state index contributed by atoms with van der Waals surface area (Å²) in [7, 11) is 0. The van der Waals surface area contributed by atoms with Crippen molar-refractivity contribution in [3.8, 4) is 0 Å². The van der Waals surface area contributed by atoms with Crippen LogP contribution >= 0.6 is 23.7 Å².